The van der Waals surface area contributed by atoms with E-state index in [1.165, 1.54) is 28.6 Å². The summed E-state index contributed by atoms with van der Waals surface area (Å²) in [5.74, 6) is -1.41. The second-order valence-electron chi connectivity index (χ2n) is 5.81. The predicted octanol–water partition coefficient (Wildman–Crippen LogP) is 1.36. The molecule has 0 spiro atoms. The Bertz CT molecular complexity index is 791. The highest BCUT2D eigenvalue weighted by Crippen LogP contribution is 2.25. The van der Waals surface area contributed by atoms with Crippen LogP contribution in [0.25, 0.3) is 0 Å². The Labute approximate surface area is 142 Å². The number of aliphatic carboxylic acids is 1. The van der Waals surface area contributed by atoms with E-state index in [1.54, 1.807) is 6.92 Å². The van der Waals surface area contributed by atoms with Crippen molar-refractivity contribution in [1.82, 2.24) is 4.31 Å². The fraction of sp³-hybridized carbons (Fsp3) is 0.533. The molecular formula is C15H21NO6S2. The number of hydrogen-bond donors (Lipinski definition) is 1. The zero-order valence-electron chi connectivity index (χ0n) is 13.4. The minimum atomic E-state index is -3.74. The van der Waals surface area contributed by atoms with Gasteiger partial charge < -0.3 is 5.11 Å². The van der Waals surface area contributed by atoms with E-state index in [0.29, 0.717) is 6.42 Å². The van der Waals surface area contributed by atoms with Crippen molar-refractivity contribution in [3.8, 4) is 0 Å². The largest absolute Gasteiger partial charge is 0.481 e. The van der Waals surface area contributed by atoms with Crippen LogP contribution in [0.3, 0.4) is 0 Å². The molecule has 1 fully saturated rings. The van der Waals surface area contributed by atoms with E-state index in [1.807, 2.05) is 0 Å². The first-order chi connectivity index (χ1) is 11.2. The lowest BCUT2D eigenvalue weighted by atomic mass is 9.99. The van der Waals surface area contributed by atoms with Crippen LogP contribution < -0.4 is 0 Å². The first-order valence-electron chi connectivity index (χ1n) is 7.74. The molecule has 24 heavy (non-hydrogen) atoms. The maximum atomic E-state index is 12.6. The number of sulfonamides is 1. The minimum Gasteiger partial charge on any atom is -0.481 e. The van der Waals surface area contributed by atoms with Crippen LogP contribution in [0.1, 0.15) is 26.2 Å². The molecule has 0 amide bonds. The van der Waals surface area contributed by atoms with E-state index < -0.39 is 31.7 Å². The van der Waals surface area contributed by atoms with Crippen LogP contribution in [0.4, 0.5) is 0 Å². The Morgan fingerprint density at radius 1 is 1.08 bits per heavy atom. The third-order valence-corrected chi connectivity index (χ3v) is 7.95. The lowest BCUT2D eigenvalue weighted by Crippen LogP contribution is -2.40. The SMILES string of the molecule is CCCS(=O)(=O)c1ccc(S(=O)(=O)N2CCC(C(=O)O)CC2)cc1. The van der Waals surface area contributed by atoms with Crippen molar-refractivity contribution < 1.29 is 26.7 Å². The second-order valence-corrected chi connectivity index (χ2v) is 9.85. The Morgan fingerprint density at radius 3 is 2.04 bits per heavy atom. The Hall–Kier alpha value is -1.45. The molecule has 1 aliphatic heterocycles. The molecule has 0 bridgehead atoms. The summed E-state index contributed by atoms with van der Waals surface area (Å²) in [5.41, 5.74) is 0. The number of carboxylic acids is 1. The Balaban J connectivity index is 2.18. The molecule has 0 aromatic heterocycles. The van der Waals surface area contributed by atoms with Gasteiger partial charge in [-0.05, 0) is 43.5 Å². The van der Waals surface area contributed by atoms with Gasteiger partial charge in [-0.15, -0.1) is 0 Å². The van der Waals surface area contributed by atoms with Crippen LogP contribution in [-0.2, 0) is 24.7 Å². The van der Waals surface area contributed by atoms with Gasteiger partial charge in [0.25, 0.3) is 0 Å². The van der Waals surface area contributed by atoms with Gasteiger partial charge in [-0.1, -0.05) is 6.92 Å². The number of benzene rings is 1. The highest BCUT2D eigenvalue weighted by atomic mass is 32.2. The van der Waals surface area contributed by atoms with Gasteiger partial charge in [0.1, 0.15) is 0 Å². The smallest absolute Gasteiger partial charge is 0.306 e. The maximum absolute atomic E-state index is 12.6. The molecule has 2 rings (SSSR count). The number of nitrogens with zero attached hydrogens (tertiary/aromatic N) is 1. The fourth-order valence-corrected chi connectivity index (χ4v) is 5.49. The minimum absolute atomic E-state index is 0.0157. The van der Waals surface area contributed by atoms with Gasteiger partial charge in [0.05, 0.1) is 21.5 Å². The van der Waals surface area contributed by atoms with Gasteiger partial charge in [-0.2, -0.15) is 4.31 Å². The highest BCUT2D eigenvalue weighted by molar-refractivity contribution is 7.91. The van der Waals surface area contributed by atoms with Crippen LogP contribution in [0, 0.1) is 5.92 Å². The van der Waals surface area contributed by atoms with Gasteiger partial charge in [0.2, 0.25) is 10.0 Å². The summed E-state index contributed by atoms with van der Waals surface area (Å²) in [6.45, 7) is 2.06. The molecule has 1 heterocycles. The molecular weight excluding hydrogens is 354 g/mol. The summed E-state index contributed by atoms with van der Waals surface area (Å²) in [7, 11) is -7.13. The molecule has 7 nitrogen and oxygen atoms in total. The van der Waals surface area contributed by atoms with Crippen LogP contribution in [-0.4, -0.2) is 51.1 Å². The van der Waals surface area contributed by atoms with Crippen molar-refractivity contribution in [2.75, 3.05) is 18.8 Å². The fourth-order valence-electron chi connectivity index (χ4n) is 2.70. The Kier molecular flexibility index (Phi) is 5.67. The first-order valence-corrected chi connectivity index (χ1v) is 10.8. The van der Waals surface area contributed by atoms with Crippen molar-refractivity contribution in [2.24, 2.45) is 5.92 Å². The lowest BCUT2D eigenvalue weighted by Gasteiger charge is -2.29. The lowest BCUT2D eigenvalue weighted by molar-refractivity contribution is -0.142. The molecule has 1 aromatic carbocycles. The van der Waals surface area contributed by atoms with Gasteiger partial charge in [-0.3, -0.25) is 4.79 Å². The first kappa shape index (κ1) is 18.9. The number of piperidine rings is 1. The monoisotopic (exact) mass is 375 g/mol. The molecule has 1 aromatic rings. The summed E-state index contributed by atoms with van der Waals surface area (Å²) >= 11 is 0. The van der Waals surface area contributed by atoms with Crippen molar-refractivity contribution >= 4 is 25.8 Å². The molecule has 9 heteroatoms. The second kappa shape index (κ2) is 7.20. The molecule has 1 saturated heterocycles. The van der Waals surface area contributed by atoms with E-state index >= 15 is 0 Å². The van der Waals surface area contributed by atoms with Crippen LogP contribution in [0.5, 0.6) is 0 Å². The molecule has 0 radical (unpaired) electrons. The van der Waals surface area contributed by atoms with Crippen molar-refractivity contribution in [2.45, 2.75) is 36.0 Å². The third kappa shape index (κ3) is 3.96. The molecule has 0 aliphatic carbocycles. The summed E-state index contributed by atoms with van der Waals surface area (Å²) in [6.07, 6.45) is 1.04. The van der Waals surface area contributed by atoms with Crippen LogP contribution in [0.15, 0.2) is 34.1 Å². The van der Waals surface area contributed by atoms with Crippen molar-refractivity contribution in [3.63, 3.8) is 0 Å². The quantitative estimate of drug-likeness (QED) is 0.804. The zero-order valence-corrected chi connectivity index (χ0v) is 15.0. The maximum Gasteiger partial charge on any atom is 0.306 e. The van der Waals surface area contributed by atoms with E-state index in [9.17, 15) is 21.6 Å². The van der Waals surface area contributed by atoms with Gasteiger partial charge >= 0.3 is 5.97 Å². The van der Waals surface area contributed by atoms with Crippen molar-refractivity contribution in [3.05, 3.63) is 24.3 Å². The highest BCUT2D eigenvalue weighted by Gasteiger charge is 2.32. The number of rotatable bonds is 6. The van der Waals surface area contributed by atoms with Crippen molar-refractivity contribution in [1.29, 1.82) is 0 Å². The average Bonchev–Trinajstić information content (AvgIpc) is 2.55. The molecule has 1 N–H and O–H groups in total. The molecule has 0 saturated carbocycles. The van der Waals surface area contributed by atoms with E-state index in [-0.39, 0.29) is 41.5 Å². The molecule has 1 aliphatic rings. The predicted molar refractivity (Wildman–Crippen MR) is 87.9 cm³/mol. The summed E-state index contributed by atoms with van der Waals surface area (Å²) in [5, 5.41) is 8.97. The van der Waals surface area contributed by atoms with Crippen LogP contribution in [0.2, 0.25) is 0 Å². The average molecular weight is 375 g/mol. The number of sulfone groups is 1. The number of carboxylic acid groups (broad SMARTS) is 1. The Morgan fingerprint density at radius 2 is 1.58 bits per heavy atom. The van der Waals surface area contributed by atoms with Gasteiger partial charge in [-0.25, -0.2) is 16.8 Å². The van der Waals surface area contributed by atoms with Gasteiger partial charge in [0.15, 0.2) is 9.84 Å². The standard InChI is InChI=1S/C15H21NO6S2/c1-2-11-23(19,20)13-3-5-14(6-4-13)24(21,22)16-9-7-12(8-10-16)15(17)18/h3-6,12H,2,7-11H2,1H3,(H,17,18). The summed E-state index contributed by atoms with van der Waals surface area (Å²) < 4.78 is 50.4. The topological polar surface area (TPSA) is 109 Å². The molecule has 0 unspecified atom stereocenters. The number of hydrogen-bond acceptors (Lipinski definition) is 5. The number of carbonyl (C=O) groups is 1. The summed E-state index contributed by atoms with van der Waals surface area (Å²) in [4.78, 5) is 11.1. The van der Waals surface area contributed by atoms with E-state index in [4.69, 9.17) is 5.11 Å². The summed E-state index contributed by atoms with van der Waals surface area (Å²) in [6, 6.07) is 5.20. The third-order valence-electron chi connectivity index (χ3n) is 4.10. The normalized spacial score (nSPS) is 17.7. The van der Waals surface area contributed by atoms with Gasteiger partial charge in [0, 0.05) is 13.1 Å². The van der Waals surface area contributed by atoms with E-state index in [0.717, 1.165) is 0 Å². The van der Waals surface area contributed by atoms with Crippen LogP contribution >= 0.6 is 0 Å². The molecule has 134 valence electrons. The molecule has 0 atom stereocenters. The zero-order chi connectivity index (χ0) is 18.0. The van der Waals surface area contributed by atoms with E-state index in [2.05, 4.69) is 0 Å².